The van der Waals surface area contributed by atoms with Gasteiger partial charge in [-0.25, -0.2) is 15.0 Å². The molecule has 1 aromatic carbocycles. The number of nitrogens with two attached hydrogens (primary N) is 1. The second-order valence-corrected chi connectivity index (χ2v) is 7.62. The van der Waals surface area contributed by atoms with Gasteiger partial charge in [-0.05, 0) is 48.9 Å². The number of benzene rings is 1. The minimum Gasteiger partial charge on any atom is -0.383 e. The zero-order valence-corrected chi connectivity index (χ0v) is 17.9. The van der Waals surface area contributed by atoms with Gasteiger partial charge in [0, 0.05) is 36.6 Å². The van der Waals surface area contributed by atoms with Crippen molar-refractivity contribution >= 4 is 28.6 Å². The SMILES string of the molecule is C.Cc1nn(C)cc1-c1ccc2nc(-c3cccnc3N)n(-c3ccc(CCl)cc3)c2n1. The summed E-state index contributed by atoms with van der Waals surface area (Å²) in [7, 11) is 1.90. The zero-order chi connectivity index (χ0) is 21.5. The van der Waals surface area contributed by atoms with E-state index in [9.17, 15) is 0 Å². The maximum absolute atomic E-state index is 6.20. The van der Waals surface area contributed by atoms with Crippen LogP contribution in [-0.4, -0.2) is 29.3 Å². The number of nitrogen functional groups attached to an aromatic ring is 1. The van der Waals surface area contributed by atoms with E-state index in [0.29, 0.717) is 17.5 Å². The van der Waals surface area contributed by atoms with Gasteiger partial charge in [0.2, 0.25) is 0 Å². The van der Waals surface area contributed by atoms with Crippen molar-refractivity contribution in [2.75, 3.05) is 5.73 Å². The highest BCUT2D eigenvalue weighted by atomic mass is 35.5. The molecular weight excluding hydrogens is 422 g/mol. The smallest absolute Gasteiger partial charge is 0.165 e. The van der Waals surface area contributed by atoms with Gasteiger partial charge in [0.25, 0.3) is 0 Å². The Kier molecular flexibility index (Phi) is 5.67. The van der Waals surface area contributed by atoms with E-state index in [1.54, 1.807) is 10.9 Å². The predicted molar refractivity (Wildman–Crippen MR) is 130 cm³/mol. The molecule has 0 radical (unpaired) electrons. The third kappa shape index (κ3) is 3.61. The second-order valence-electron chi connectivity index (χ2n) is 7.35. The lowest BCUT2D eigenvalue weighted by Gasteiger charge is -2.11. The Balaban J connectivity index is 0.00000245. The molecule has 0 bridgehead atoms. The van der Waals surface area contributed by atoms with E-state index in [0.717, 1.165) is 44.9 Å². The van der Waals surface area contributed by atoms with Crippen LogP contribution >= 0.6 is 11.6 Å². The molecule has 0 aliphatic heterocycles. The summed E-state index contributed by atoms with van der Waals surface area (Å²) in [6, 6.07) is 15.7. The lowest BCUT2D eigenvalue weighted by Crippen LogP contribution is -2.02. The predicted octanol–water partition coefficient (Wildman–Crippen LogP) is 5.15. The van der Waals surface area contributed by atoms with Crippen molar-refractivity contribution in [2.45, 2.75) is 20.2 Å². The van der Waals surface area contributed by atoms with Crippen molar-refractivity contribution in [2.24, 2.45) is 7.05 Å². The summed E-state index contributed by atoms with van der Waals surface area (Å²) in [4.78, 5) is 14.1. The number of alkyl halides is 1. The molecule has 0 saturated heterocycles. The molecule has 4 aromatic heterocycles. The van der Waals surface area contributed by atoms with Crippen molar-refractivity contribution < 1.29 is 0 Å². The monoisotopic (exact) mass is 445 g/mol. The Hall–Kier alpha value is -3.71. The first kappa shape index (κ1) is 21.5. The maximum atomic E-state index is 6.20. The number of aryl methyl sites for hydroxylation is 2. The van der Waals surface area contributed by atoms with Gasteiger partial charge in [0.05, 0.1) is 17.0 Å². The highest BCUT2D eigenvalue weighted by Gasteiger charge is 2.19. The van der Waals surface area contributed by atoms with Crippen LogP contribution < -0.4 is 5.73 Å². The van der Waals surface area contributed by atoms with Gasteiger partial charge in [-0.15, -0.1) is 11.6 Å². The van der Waals surface area contributed by atoms with Crippen LogP contribution in [0.3, 0.4) is 0 Å². The number of hydrogen-bond donors (Lipinski definition) is 1. The fourth-order valence-corrected chi connectivity index (χ4v) is 3.90. The topological polar surface area (TPSA) is 87.4 Å². The van der Waals surface area contributed by atoms with Crippen molar-refractivity contribution in [1.29, 1.82) is 0 Å². The van der Waals surface area contributed by atoms with Gasteiger partial charge in [0.1, 0.15) is 11.3 Å². The number of anilines is 1. The molecule has 0 atom stereocenters. The maximum Gasteiger partial charge on any atom is 0.165 e. The quantitative estimate of drug-likeness (QED) is 0.386. The van der Waals surface area contributed by atoms with Crippen molar-refractivity contribution in [3.05, 3.63) is 72.2 Å². The molecule has 2 N–H and O–H groups in total. The van der Waals surface area contributed by atoms with Crippen LogP contribution in [0.25, 0.3) is 39.5 Å². The Bertz CT molecular complexity index is 1400. The third-order valence-electron chi connectivity index (χ3n) is 5.22. The Labute approximate surface area is 191 Å². The number of pyridine rings is 2. The number of hydrogen-bond acceptors (Lipinski definition) is 5. The Morgan fingerprint density at radius 3 is 2.44 bits per heavy atom. The summed E-state index contributed by atoms with van der Waals surface area (Å²) in [5.74, 6) is 1.56. The molecule has 0 fully saturated rings. The zero-order valence-electron chi connectivity index (χ0n) is 17.1. The highest BCUT2D eigenvalue weighted by Crippen LogP contribution is 2.32. The van der Waals surface area contributed by atoms with Crippen LogP contribution in [0.1, 0.15) is 18.7 Å². The summed E-state index contributed by atoms with van der Waals surface area (Å²) < 4.78 is 3.80. The summed E-state index contributed by atoms with van der Waals surface area (Å²) in [5.41, 5.74) is 13.1. The molecule has 0 spiro atoms. The standard InChI is InChI=1S/C23H20ClN7.CH4/c1-14-18(13-30(2)29-14)19-9-10-20-23(27-19)31(16-7-5-15(12-24)6-8-16)22(28-20)17-4-3-11-26-21(17)25;/h3-11,13H,12H2,1-2H3,(H2,25,26);1H4. The number of fused-ring (bicyclic) bond motifs is 1. The number of aromatic nitrogens is 6. The van der Waals surface area contributed by atoms with Gasteiger partial charge in [0.15, 0.2) is 11.5 Å². The summed E-state index contributed by atoms with van der Waals surface area (Å²) in [6.07, 6.45) is 3.64. The summed E-state index contributed by atoms with van der Waals surface area (Å²) in [5, 5.41) is 4.45. The van der Waals surface area contributed by atoms with Crippen LogP contribution in [0, 0.1) is 6.92 Å². The van der Waals surface area contributed by atoms with E-state index in [1.165, 1.54) is 0 Å². The number of rotatable bonds is 4. The van der Waals surface area contributed by atoms with E-state index >= 15 is 0 Å². The normalized spacial score (nSPS) is 11.0. The first-order chi connectivity index (χ1) is 15.0. The summed E-state index contributed by atoms with van der Waals surface area (Å²) >= 11 is 5.99. The molecule has 162 valence electrons. The molecule has 7 nitrogen and oxygen atoms in total. The molecule has 0 aliphatic rings. The van der Waals surface area contributed by atoms with Gasteiger partial charge in [-0.2, -0.15) is 5.10 Å². The van der Waals surface area contributed by atoms with Gasteiger partial charge in [-0.3, -0.25) is 9.25 Å². The van der Waals surface area contributed by atoms with Crippen LogP contribution in [0.4, 0.5) is 5.82 Å². The fourth-order valence-electron chi connectivity index (χ4n) is 3.72. The Morgan fingerprint density at radius 1 is 1.00 bits per heavy atom. The molecule has 32 heavy (non-hydrogen) atoms. The number of imidazole rings is 1. The molecule has 0 unspecified atom stereocenters. The summed E-state index contributed by atoms with van der Waals surface area (Å²) in [6.45, 7) is 1.98. The van der Waals surface area contributed by atoms with Crippen molar-refractivity contribution in [3.63, 3.8) is 0 Å². The van der Waals surface area contributed by atoms with Gasteiger partial charge in [-0.1, -0.05) is 19.6 Å². The second kappa shape index (κ2) is 8.43. The van der Waals surface area contributed by atoms with Crippen LogP contribution in [0.15, 0.2) is 60.9 Å². The average molecular weight is 446 g/mol. The van der Waals surface area contributed by atoms with Gasteiger partial charge < -0.3 is 5.73 Å². The molecule has 8 heteroatoms. The molecule has 5 aromatic rings. The minimum atomic E-state index is 0. The third-order valence-corrected chi connectivity index (χ3v) is 5.53. The largest absolute Gasteiger partial charge is 0.383 e. The molecule has 0 aliphatic carbocycles. The minimum absolute atomic E-state index is 0. The number of nitrogens with zero attached hydrogens (tertiary/aromatic N) is 6. The molecule has 0 amide bonds. The van der Waals surface area contributed by atoms with Crippen molar-refractivity contribution in [1.82, 2.24) is 29.3 Å². The van der Waals surface area contributed by atoms with Crippen LogP contribution in [-0.2, 0) is 12.9 Å². The van der Waals surface area contributed by atoms with Crippen molar-refractivity contribution in [3.8, 4) is 28.3 Å². The van der Waals surface area contributed by atoms with E-state index in [2.05, 4.69) is 10.1 Å². The van der Waals surface area contributed by atoms with Crippen LogP contribution in [0.2, 0.25) is 0 Å². The Morgan fingerprint density at radius 2 is 1.78 bits per heavy atom. The fraction of sp³-hybridized carbons (Fsp3) is 0.167. The van der Waals surface area contributed by atoms with E-state index in [-0.39, 0.29) is 7.43 Å². The molecular formula is C24H24ClN7. The molecule has 5 rings (SSSR count). The van der Waals surface area contributed by atoms with Crippen LogP contribution in [0.5, 0.6) is 0 Å². The first-order valence-corrected chi connectivity index (χ1v) is 10.3. The molecule has 4 heterocycles. The lowest BCUT2D eigenvalue weighted by atomic mass is 10.1. The van der Waals surface area contributed by atoms with E-state index < -0.39 is 0 Å². The van der Waals surface area contributed by atoms with E-state index in [4.69, 9.17) is 27.3 Å². The number of halogens is 1. The molecule has 0 saturated carbocycles. The lowest BCUT2D eigenvalue weighted by molar-refractivity contribution is 0.756. The van der Waals surface area contributed by atoms with E-state index in [1.807, 2.05) is 73.3 Å². The average Bonchev–Trinajstić information content (AvgIpc) is 3.32. The first-order valence-electron chi connectivity index (χ1n) is 9.81. The van der Waals surface area contributed by atoms with Gasteiger partial charge >= 0.3 is 0 Å². The highest BCUT2D eigenvalue weighted by molar-refractivity contribution is 6.17.